The van der Waals surface area contributed by atoms with Crippen LogP contribution in [0.5, 0.6) is 0 Å². The highest BCUT2D eigenvalue weighted by atomic mass is 32.3. The zero-order valence-electron chi connectivity index (χ0n) is 11.9. The monoisotopic (exact) mass is 297 g/mol. The molecule has 0 saturated heterocycles. The summed E-state index contributed by atoms with van der Waals surface area (Å²) in [6.07, 6.45) is 0. The summed E-state index contributed by atoms with van der Waals surface area (Å²) < 4.78 is 34.7. The highest BCUT2D eigenvalue weighted by Gasteiger charge is 2.04. The van der Waals surface area contributed by atoms with Crippen LogP contribution in [0.4, 0.5) is 0 Å². The summed E-state index contributed by atoms with van der Waals surface area (Å²) in [5.74, 6) is -0.299. The molecular formula is C11H23NO6S. The van der Waals surface area contributed by atoms with Crippen LogP contribution in [0.2, 0.25) is 0 Å². The Kier molecular flexibility index (Phi) is 11.7. The second-order valence-electron chi connectivity index (χ2n) is 3.54. The first-order valence-corrected chi connectivity index (χ1v) is 7.12. The number of ether oxygens (including phenoxy) is 1. The average Bonchev–Trinajstić information content (AvgIpc) is 2.34. The van der Waals surface area contributed by atoms with Gasteiger partial charge < -0.3 is 9.64 Å². The highest BCUT2D eigenvalue weighted by molar-refractivity contribution is 7.80. The number of esters is 1. The third-order valence-corrected chi connectivity index (χ3v) is 2.52. The number of nitrogens with zero attached hydrogens (tertiary/aromatic N) is 1. The summed E-state index contributed by atoms with van der Waals surface area (Å²) in [6, 6.07) is 0. The fourth-order valence-corrected chi connectivity index (χ4v) is 0.930. The van der Waals surface area contributed by atoms with Gasteiger partial charge in [0.15, 0.2) is 0 Å². The van der Waals surface area contributed by atoms with Crippen LogP contribution in [0.15, 0.2) is 12.2 Å². The van der Waals surface area contributed by atoms with Crippen molar-refractivity contribution in [3.05, 3.63) is 12.2 Å². The van der Waals surface area contributed by atoms with E-state index in [1.807, 2.05) is 0 Å². The quantitative estimate of drug-likeness (QED) is 0.423. The van der Waals surface area contributed by atoms with Gasteiger partial charge in [-0.05, 0) is 20.0 Å². The third kappa shape index (κ3) is 15.0. The molecule has 1 N–H and O–H groups in total. The smallest absolute Gasteiger partial charge is 0.397 e. The maximum atomic E-state index is 11.0. The molecule has 114 valence electrons. The minimum absolute atomic E-state index is 0.299. The first-order chi connectivity index (χ1) is 8.67. The first kappa shape index (κ1) is 20.4. The molecule has 0 unspecified atom stereocenters. The second kappa shape index (κ2) is 10.9. The number of carbonyl (C=O) groups is 1. The van der Waals surface area contributed by atoms with E-state index in [1.54, 1.807) is 6.92 Å². The molecule has 0 atom stereocenters. The Morgan fingerprint density at radius 1 is 1.32 bits per heavy atom. The van der Waals surface area contributed by atoms with E-state index in [2.05, 4.69) is 29.5 Å². The molecule has 0 heterocycles. The maximum absolute atomic E-state index is 11.0. The van der Waals surface area contributed by atoms with Gasteiger partial charge in [-0.1, -0.05) is 20.4 Å². The Balaban J connectivity index is 0. The lowest BCUT2D eigenvalue weighted by molar-refractivity contribution is -0.139. The van der Waals surface area contributed by atoms with E-state index in [-0.39, 0.29) is 5.97 Å². The van der Waals surface area contributed by atoms with E-state index in [4.69, 9.17) is 9.29 Å². The average molecular weight is 297 g/mol. The second-order valence-corrected chi connectivity index (χ2v) is 4.73. The van der Waals surface area contributed by atoms with Gasteiger partial charge >= 0.3 is 16.4 Å². The molecule has 8 heteroatoms. The molecule has 0 fully saturated rings. The zero-order valence-corrected chi connectivity index (χ0v) is 12.7. The molecule has 0 aliphatic rings. The molecule has 0 aliphatic carbocycles. The van der Waals surface area contributed by atoms with Gasteiger partial charge in [0.25, 0.3) is 0 Å². The van der Waals surface area contributed by atoms with Crippen LogP contribution in [0.1, 0.15) is 20.8 Å². The lowest BCUT2D eigenvalue weighted by Crippen LogP contribution is -2.27. The van der Waals surface area contributed by atoms with E-state index >= 15 is 0 Å². The van der Waals surface area contributed by atoms with Crippen molar-refractivity contribution in [1.82, 2.24) is 4.90 Å². The van der Waals surface area contributed by atoms with Crippen molar-refractivity contribution in [3.8, 4) is 0 Å². The summed E-state index contributed by atoms with van der Waals surface area (Å²) in [7, 11) is -3.29. The van der Waals surface area contributed by atoms with Gasteiger partial charge in [-0.15, -0.1) is 0 Å². The number of rotatable bonds is 7. The van der Waals surface area contributed by atoms with E-state index < -0.39 is 10.4 Å². The largest absolute Gasteiger partial charge is 0.461 e. The first-order valence-electron chi connectivity index (χ1n) is 5.75. The SMILES string of the molecule is C=C(C)C(=O)OCCN(CC)CC.COS(=O)(=O)O. The Hall–Kier alpha value is -0.960. The van der Waals surface area contributed by atoms with Crippen molar-refractivity contribution in [1.29, 1.82) is 0 Å². The molecule has 0 bridgehead atoms. The Morgan fingerprint density at radius 3 is 2.00 bits per heavy atom. The van der Waals surface area contributed by atoms with Crippen LogP contribution in [-0.4, -0.2) is 57.2 Å². The van der Waals surface area contributed by atoms with E-state index in [0.29, 0.717) is 12.2 Å². The number of carbonyl (C=O) groups excluding carboxylic acids is 1. The van der Waals surface area contributed by atoms with E-state index in [1.165, 1.54) is 0 Å². The minimum Gasteiger partial charge on any atom is -0.461 e. The molecule has 0 aliphatic heterocycles. The Morgan fingerprint density at radius 2 is 1.74 bits per heavy atom. The predicted molar refractivity (Wildman–Crippen MR) is 72.1 cm³/mol. The molecule has 0 aromatic carbocycles. The van der Waals surface area contributed by atoms with E-state index in [0.717, 1.165) is 26.7 Å². The number of likely N-dealkylation sites (N-methyl/N-ethyl adjacent to an activating group) is 1. The van der Waals surface area contributed by atoms with Crippen molar-refractivity contribution >= 4 is 16.4 Å². The fraction of sp³-hybridized carbons (Fsp3) is 0.727. The van der Waals surface area contributed by atoms with Gasteiger partial charge in [-0.25, -0.2) is 4.79 Å². The lowest BCUT2D eigenvalue weighted by atomic mass is 10.4. The summed E-state index contributed by atoms with van der Waals surface area (Å²) >= 11 is 0. The van der Waals surface area contributed by atoms with Gasteiger partial charge in [0.05, 0.1) is 7.11 Å². The zero-order chi connectivity index (χ0) is 15.5. The van der Waals surface area contributed by atoms with Gasteiger partial charge in [-0.2, -0.15) is 8.42 Å². The van der Waals surface area contributed by atoms with Crippen LogP contribution in [0.25, 0.3) is 0 Å². The number of hydrogen-bond donors (Lipinski definition) is 1. The van der Waals surface area contributed by atoms with Crippen LogP contribution in [0, 0.1) is 0 Å². The Labute approximate surface area is 115 Å². The van der Waals surface area contributed by atoms with Crippen LogP contribution in [0.3, 0.4) is 0 Å². The van der Waals surface area contributed by atoms with Crippen molar-refractivity contribution < 1.29 is 26.7 Å². The van der Waals surface area contributed by atoms with Crippen molar-refractivity contribution in [2.45, 2.75) is 20.8 Å². The van der Waals surface area contributed by atoms with Gasteiger partial charge in [0.1, 0.15) is 6.61 Å². The molecule has 0 aromatic rings. The molecule has 0 amide bonds. The summed E-state index contributed by atoms with van der Waals surface area (Å²) in [5.41, 5.74) is 0.458. The normalized spacial score (nSPS) is 10.6. The van der Waals surface area contributed by atoms with Gasteiger partial charge in [0, 0.05) is 12.1 Å². The summed E-state index contributed by atoms with van der Waals surface area (Å²) in [6.45, 7) is 12.6. The molecule has 0 saturated carbocycles. The third-order valence-electron chi connectivity index (χ3n) is 2.09. The van der Waals surface area contributed by atoms with Crippen LogP contribution < -0.4 is 0 Å². The Bertz CT molecular complexity index is 361. The summed E-state index contributed by atoms with van der Waals surface area (Å²) in [5, 5.41) is 0. The van der Waals surface area contributed by atoms with Gasteiger partial charge in [-0.3, -0.25) is 8.74 Å². The lowest BCUT2D eigenvalue weighted by Gasteiger charge is -2.17. The fourth-order valence-electron chi connectivity index (χ4n) is 0.930. The maximum Gasteiger partial charge on any atom is 0.397 e. The molecule has 0 aromatic heterocycles. The van der Waals surface area contributed by atoms with Crippen LogP contribution in [-0.2, 0) is 24.1 Å². The van der Waals surface area contributed by atoms with Crippen molar-refractivity contribution in [2.75, 3.05) is 33.4 Å². The van der Waals surface area contributed by atoms with Crippen molar-refractivity contribution in [2.24, 2.45) is 0 Å². The molecule has 0 rings (SSSR count). The standard InChI is InChI=1S/C10H19NO2.CH4O4S/c1-5-11(6-2)7-8-13-10(12)9(3)4;1-5-6(2,3)4/h3,5-8H2,1-2,4H3;1H3,(H,2,3,4). The molecule has 7 nitrogen and oxygen atoms in total. The molecule has 0 spiro atoms. The molecule has 19 heavy (non-hydrogen) atoms. The molecular weight excluding hydrogens is 274 g/mol. The number of hydrogen-bond acceptors (Lipinski definition) is 6. The van der Waals surface area contributed by atoms with Crippen molar-refractivity contribution in [3.63, 3.8) is 0 Å². The topological polar surface area (TPSA) is 93.1 Å². The highest BCUT2D eigenvalue weighted by Crippen LogP contribution is 1.93. The minimum atomic E-state index is -4.16. The molecule has 0 radical (unpaired) electrons. The predicted octanol–water partition coefficient (Wildman–Crippen LogP) is 0.883. The van der Waals surface area contributed by atoms with Crippen LogP contribution >= 0.6 is 0 Å². The van der Waals surface area contributed by atoms with Gasteiger partial charge in [0.2, 0.25) is 0 Å². The summed E-state index contributed by atoms with van der Waals surface area (Å²) in [4.78, 5) is 13.2. The van der Waals surface area contributed by atoms with E-state index in [9.17, 15) is 13.2 Å².